The van der Waals surface area contributed by atoms with Gasteiger partial charge in [-0.3, -0.25) is 0 Å². The first-order valence-corrected chi connectivity index (χ1v) is 8.29. The molecule has 102 valence electrons. The normalized spacial score (nSPS) is 11.7. The van der Waals surface area contributed by atoms with Crippen LogP contribution in [0.3, 0.4) is 0 Å². The highest BCUT2D eigenvalue weighted by Gasteiger charge is 2.15. The lowest BCUT2D eigenvalue weighted by Gasteiger charge is -2.06. The summed E-state index contributed by atoms with van der Waals surface area (Å²) in [7, 11) is -3.56. The third kappa shape index (κ3) is 3.54. The van der Waals surface area contributed by atoms with Gasteiger partial charge in [-0.25, -0.2) is 18.1 Å². The largest absolute Gasteiger partial charge is 0.245 e. The maximum absolute atomic E-state index is 12.1. The average Bonchev–Trinajstić information content (AvgIpc) is 2.76. The van der Waals surface area contributed by atoms with Crippen LogP contribution in [0.4, 0.5) is 0 Å². The fourth-order valence-electron chi connectivity index (χ4n) is 1.48. The minimum Gasteiger partial charge on any atom is -0.245 e. The Bertz CT molecular complexity index is 696. The molecule has 0 amide bonds. The first-order chi connectivity index (χ1) is 8.88. The van der Waals surface area contributed by atoms with E-state index in [0.29, 0.717) is 10.7 Å². The van der Waals surface area contributed by atoms with Gasteiger partial charge in [0.15, 0.2) is 0 Å². The molecular weight excluding hydrogens is 304 g/mol. The van der Waals surface area contributed by atoms with E-state index in [1.54, 1.807) is 6.07 Å². The van der Waals surface area contributed by atoms with E-state index in [2.05, 4.69) is 9.71 Å². The van der Waals surface area contributed by atoms with Gasteiger partial charge in [0.1, 0.15) is 0 Å². The minimum absolute atomic E-state index is 0.162. The van der Waals surface area contributed by atoms with Crippen molar-refractivity contribution in [1.82, 2.24) is 9.71 Å². The molecule has 0 aliphatic rings. The van der Waals surface area contributed by atoms with Crippen LogP contribution in [0.15, 0.2) is 28.5 Å². The first kappa shape index (κ1) is 14.5. The highest BCUT2D eigenvalue weighted by molar-refractivity contribution is 7.89. The van der Waals surface area contributed by atoms with Crippen LogP contribution >= 0.6 is 22.9 Å². The number of nitrogens with one attached hydrogen (secondary N) is 1. The number of rotatable bonds is 4. The number of nitrogens with zero attached hydrogens (tertiary/aromatic N) is 1. The molecule has 0 atom stereocenters. The van der Waals surface area contributed by atoms with E-state index in [1.165, 1.54) is 23.5 Å². The Balaban J connectivity index is 2.16. The van der Waals surface area contributed by atoms with Gasteiger partial charge in [0.2, 0.25) is 10.0 Å². The summed E-state index contributed by atoms with van der Waals surface area (Å²) in [5, 5.41) is 3.18. The van der Waals surface area contributed by atoms with Crippen LogP contribution in [0.25, 0.3) is 0 Å². The molecule has 2 aromatic rings. The maximum atomic E-state index is 12.1. The molecule has 1 aromatic carbocycles. The third-order valence-corrected chi connectivity index (χ3v) is 5.19. The number of halogens is 1. The highest BCUT2D eigenvalue weighted by atomic mass is 35.5. The molecule has 0 aliphatic heterocycles. The topological polar surface area (TPSA) is 59.1 Å². The van der Waals surface area contributed by atoms with Crippen LogP contribution in [-0.4, -0.2) is 13.4 Å². The van der Waals surface area contributed by atoms with Crippen molar-refractivity contribution in [3.05, 3.63) is 44.9 Å². The maximum Gasteiger partial charge on any atom is 0.240 e. The van der Waals surface area contributed by atoms with Gasteiger partial charge in [-0.05, 0) is 31.5 Å². The smallest absolute Gasteiger partial charge is 0.240 e. The van der Waals surface area contributed by atoms with Gasteiger partial charge in [0, 0.05) is 10.4 Å². The SMILES string of the molecule is Cc1nc(CNS(=O)(=O)c2ccc(C)c(Cl)c2)cs1. The fourth-order valence-corrected chi connectivity index (χ4v) is 3.37. The monoisotopic (exact) mass is 316 g/mol. The number of hydrogen-bond donors (Lipinski definition) is 1. The van der Waals surface area contributed by atoms with Crippen molar-refractivity contribution in [2.24, 2.45) is 0 Å². The summed E-state index contributed by atoms with van der Waals surface area (Å²) >= 11 is 7.43. The molecule has 1 N–H and O–H groups in total. The van der Waals surface area contributed by atoms with Crippen molar-refractivity contribution in [2.75, 3.05) is 0 Å². The van der Waals surface area contributed by atoms with E-state index in [9.17, 15) is 8.42 Å². The number of benzene rings is 1. The number of hydrogen-bond acceptors (Lipinski definition) is 4. The summed E-state index contributed by atoms with van der Waals surface area (Å²) in [6.45, 7) is 3.88. The molecule has 0 saturated carbocycles. The zero-order chi connectivity index (χ0) is 14.0. The lowest BCUT2D eigenvalue weighted by Crippen LogP contribution is -2.23. The van der Waals surface area contributed by atoms with Crippen molar-refractivity contribution in [3.8, 4) is 0 Å². The predicted octanol–water partition coefficient (Wildman–Crippen LogP) is 2.89. The summed E-state index contributed by atoms with van der Waals surface area (Å²) < 4.78 is 26.7. The third-order valence-electron chi connectivity index (χ3n) is 2.56. The Kier molecular flexibility index (Phi) is 4.25. The standard InChI is InChI=1S/C12H13ClN2O2S2/c1-8-3-4-11(5-12(8)13)19(16,17)14-6-10-7-18-9(2)15-10/h3-5,7,14H,6H2,1-2H3. The zero-order valence-corrected chi connectivity index (χ0v) is 12.9. The van der Waals surface area contributed by atoms with Crippen molar-refractivity contribution in [3.63, 3.8) is 0 Å². The first-order valence-electron chi connectivity index (χ1n) is 5.55. The molecule has 0 radical (unpaired) electrons. The van der Waals surface area contributed by atoms with E-state index in [0.717, 1.165) is 10.6 Å². The molecule has 0 aliphatic carbocycles. The van der Waals surface area contributed by atoms with Crippen molar-refractivity contribution >= 4 is 33.0 Å². The lowest BCUT2D eigenvalue weighted by atomic mass is 10.2. The molecule has 0 spiro atoms. The van der Waals surface area contributed by atoms with Crippen LogP contribution in [0.1, 0.15) is 16.3 Å². The van der Waals surface area contributed by atoms with Crippen molar-refractivity contribution in [2.45, 2.75) is 25.3 Å². The molecule has 0 bridgehead atoms. The van der Waals surface area contributed by atoms with Gasteiger partial charge in [0.25, 0.3) is 0 Å². The molecule has 1 heterocycles. The number of aryl methyl sites for hydroxylation is 2. The Morgan fingerprint density at radius 1 is 1.37 bits per heavy atom. The van der Waals surface area contributed by atoms with Crippen molar-refractivity contribution < 1.29 is 8.42 Å². The average molecular weight is 317 g/mol. The van der Waals surface area contributed by atoms with Crippen LogP contribution < -0.4 is 4.72 Å². The Hall–Kier alpha value is -0.950. The van der Waals surface area contributed by atoms with Crippen LogP contribution in [-0.2, 0) is 16.6 Å². The molecule has 2 rings (SSSR count). The second-order valence-corrected chi connectivity index (χ2v) is 7.33. The predicted molar refractivity (Wildman–Crippen MR) is 77.1 cm³/mol. The van der Waals surface area contributed by atoms with Crippen LogP contribution in [0.5, 0.6) is 0 Å². The molecule has 0 unspecified atom stereocenters. The number of sulfonamides is 1. The summed E-state index contributed by atoms with van der Waals surface area (Å²) in [6.07, 6.45) is 0. The molecule has 0 fully saturated rings. The Morgan fingerprint density at radius 3 is 2.68 bits per heavy atom. The van der Waals surface area contributed by atoms with E-state index in [1.807, 2.05) is 19.2 Å². The fraction of sp³-hybridized carbons (Fsp3) is 0.250. The highest BCUT2D eigenvalue weighted by Crippen LogP contribution is 2.20. The lowest BCUT2D eigenvalue weighted by molar-refractivity contribution is 0.580. The van der Waals surface area contributed by atoms with Gasteiger partial charge >= 0.3 is 0 Å². The Labute approximate surface area is 121 Å². The summed E-state index contributed by atoms with van der Waals surface area (Å²) in [4.78, 5) is 4.37. The van der Waals surface area contributed by atoms with Gasteiger partial charge in [0.05, 0.1) is 22.1 Å². The van der Waals surface area contributed by atoms with Crippen LogP contribution in [0, 0.1) is 13.8 Å². The van der Waals surface area contributed by atoms with Crippen LogP contribution in [0.2, 0.25) is 5.02 Å². The molecule has 19 heavy (non-hydrogen) atoms. The molecule has 1 aromatic heterocycles. The molecular formula is C12H13ClN2O2S2. The molecule has 0 saturated heterocycles. The zero-order valence-electron chi connectivity index (χ0n) is 10.5. The Morgan fingerprint density at radius 2 is 2.11 bits per heavy atom. The second kappa shape index (κ2) is 5.58. The van der Waals surface area contributed by atoms with Gasteiger partial charge in [-0.1, -0.05) is 17.7 Å². The minimum atomic E-state index is -3.56. The number of aromatic nitrogens is 1. The van der Waals surface area contributed by atoms with Gasteiger partial charge < -0.3 is 0 Å². The van der Waals surface area contributed by atoms with E-state index in [-0.39, 0.29) is 11.4 Å². The quantitative estimate of drug-likeness (QED) is 0.943. The summed E-state index contributed by atoms with van der Waals surface area (Å²) in [5.41, 5.74) is 1.56. The van der Waals surface area contributed by atoms with E-state index in [4.69, 9.17) is 11.6 Å². The summed E-state index contributed by atoms with van der Waals surface area (Å²) in [6, 6.07) is 4.67. The molecule has 7 heteroatoms. The van der Waals surface area contributed by atoms with Gasteiger partial charge in [-0.2, -0.15) is 0 Å². The second-order valence-electron chi connectivity index (χ2n) is 4.09. The summed E-state index contributed by atoms with van der Waals surface area (Å²) in [5.74, 6) is 0. The molecule has 4 nitrogen and oxygen atoms in total. The van der Waals surface area contributed by atoms with E-state index >= 15 is 0 Å². The van der Waals surface area contributed by atoms with E-state index < -0.39 is 10.0 Å². The number of thiazole rings is 1. The van der Waals surface area contributed by atoms with Gasteiger partial charge in [-0.15, -0.1) is 11.3 Å². The van der Waals surface area contributed by atoms with Crippen molar-refractivity contribution in [1.29, 1.82) is 0 Å².